The Labute approximate surface area is 128 Å². The lowest BCUT2D eigenvalue weighted by molar-refractivity contribution is 0.132. The van der Waals surface area contributed by atoms with Crippen LogP contribution < -0.4 is 14.8 Å². The van der Waals surface area contributed by atoms with Crippen molar-refractivity contribution in [2.75, 3.05) is 27.4 Å². The Morgan fingerprint density at radius 1 is 1.14 bits per heavy atom. The van der Waals surface area contributed by atoms with Gasteiger partial charge in [-0.05, 0) is 25.5 Å². The summed E-state index contributed by atoms with van der Waals surface area (Å²) in [6.45, 7) is 8.90. The molecule has 0 saturated carbocycles. The number of benzene rings is 1. The average molecular weight is 295 g/mol. The van der Waals surface area contributed by atoms with Gasteiger partial charge in [0, 0.05) is 32.2 Å². The first-order valence-electron chi connectivity index (χ1n) is 7.60. The molecule has 0 spiro atoms. The predicted molar refractivity (Wildman–Crippen MR) is 86.1 cm³/mol. The van der Waals surface area contributed by atoms with E-state index in [0.29, 0.717) is 12.5 Å². The summed E-state index contributed by atoms with van der Waals surface area (Å²) in [6.07, 6.45) is 0.943. The van der Waals surface area contributed by atoms with Gasteiger partial charge >= 0.3 is 0 Å². The maximum Gasteiger partial charge on any atom is 0.166 e. The van der Waals surface area contributed by atoms with Gasteiger partial charge in [0.2, 0.25) is 0 Å². The molecule has 0 heterocycles. The van der Waals surface area contributed by atoms with Crippen molar-refractivity contribution in [3.63, 3.8) is 0 Å². The van der Waals surface area contributed by atoms with Crippen LogP contribution in [0.5, 0.6) is 11.5 Å². The van der Waals surface area contributed by atoms with Crippen LogP contribution in [0.2, 0.25) is 0 Å². The fourth-order valence-corrected chi connectivity index (χ4v) is 2.03. The van der Waals surface area contributed by atoms with Crippen LogP contribution >= 0.6 is 0 Å². The van der Waals surface area contributed by atoms with Gasteiger partial charge < -0.3 is 19.5 Å². The van der Waals surface area contributed by atoms with Crippen molar-refractivity contribution in [1.29, 1.82) is 0 Å². The van der Waals surface area contributed by atoms with E-state index < -0.39 is 0 Å². The molecule has 0 aliphatic heterocycles. The maximum atomic E-state index is 6.08. The monoisotopic (exact) mass is 295 g/mol. The predicted octanol–water partition coefficient (Wildman–Crippen LogP) is 3.24. The molecule has 1 aromatic rings. The first-order valence-corrected chi connectivity index (χ1v) is 7.60. The highest BCUT2D eigenvalue weighted by Gasteiger charge is 2.14. The van der Waals surface area contributed by atoms with E-state index in [0.717, 1.165) is 36.6 Å². The summed E-state index contributed by atoms with van der Waals surface area (Å²) in [5, 5.41) is 3.45. The Morgan fingerprint density at radius 2 is 1.90 bits per heavy atom. The summed E-state index contributed by atoms with van der Waals surface area (Å²) >= 11 is 0. The number of hydrogen-bond donors (Lipinski definition) is 1. The van der Waals surface area contributed by atoms with Crippen LogP contribution in [0.3, 0.4) is 0 Å². The van der Waals surface area contributed by atoms with Crippen LogP contribution in [0, 0.1) is 5.92 Å². The molecule has 1 aromatic carbocycles. The van der Waals surface area contributed by atoms with E-state index in [1.54, 1.807) is 14.2 Å². The summed E-state index contributed by atoms with van der Waals surface area (Å²) in [5.74, 6) is 2.24. The Kier molecular flexibility index (Phi) is 8.16. The van der Waals surface area contributed by atoms with E-state index in [1.165, 1.54) is 0 Å². The van der Waals surface area contributed by atoms with Crippen molar-refractivity contribution in [2.45, 2.75) is 39.8 Å². The molecule has 0 bridgehead atoms. The highest BCUT2D eigenvalue weighted by molar-refractivity contribution is 5.46. The first kappa shape index (κ1) is 17.8. The largest absolute Gasteiger partial charge is 0.493 e. The van der Waals surface area contributed by atoms with E-state index in [1.807, 2.05) is 12.1 Å². The standard InChI is InChI=1S/C17H29NO3/c1-13(2)11-18-12-15-7-6-8-16(20-5)17(15)21-14(3)9-10-19-4/h6-8,13-14,18H,9-12H2,1-5H3. The van der Waals surface area contributed by atoms with Crippen molar-refractivity contribution in [3.8, 4) is 11.5 Å². The molecule has 4 heteroatoms. The van der Waals surface area contributed by atoms with Crippen molar-refractivity contribution >= 4 is 0 Å². The molecule has 1 atom stereocenters. The van der Waals surface area contributed by atoms with Crippen LogP contribution in [-0.4, -0.2) is 33.5 Å². The number of para-hydroxylation sites is 1. The van der Waals surface area contributed by atoms with Gasteiger partial charge in [-0.15, -0.1) is 0 Å². The topological polar surface area (TPSA) is 39.7 Å². The molecule has 0 aliphatic rings. The second-order valence-electron chi connectivity index (χ2n) is 5.68. The van der Waals surface area contributed by atoms with Gasteiger partial charge in [0.05, 0.1) is 13.2 Å². The van der Waals surface area contributed by atoms with Gasteiger partial charge in [-0.1, -0.05) is 26.0 Å². The lowest BCUT2D eigenvalue weighted by atomic mass is 10.1. The molecule has 0 aromatic heterocycles. The highest BCUT2D eigenvalue weighted by Crippen LogP contribution is 2.32. The van der Waals surface area contributed by atoms with Gasteiger partial charge in [0.25, 0.3) is 0 Å². The molecule has 1 rings (SSSR count). The fraction of sp³-hybridized carbons (Fsp3) is 0.647. The number of nitrogens with one attached hydrogen (secondary N) is 1. The fourth-order valence-electron chi connectivity index (χ4n) is 2.03. The summed E-state index contributed by atoms with van der Waals surface area (Å²) < 4.78 is 16.6. The van der Waals surface area contributed by atoms with Gasteiger partial charge in [-0.2, -0.15) is 0 Å². The molecule has 0 aliphatic carbocycles. The van der Waals surface area contributed by atoms with E-state index in [2.05, 4.69) is 32.2 Å². The summed E-state index contributed by atoms with van der Waals surface area (Å²) in [7, 11) is 3.38. The summed E-state index contributed by atoms with van der Waals surface area (Å²) in [6, 6.07) is 6.01. The molecule has 21 heavy (non-hydrogen) atoms. The summed E-state index contributed by atoms with van der Waals surface area (Å²) in [4.78, 5) is 0. The van der Waals surface area contributed by atoms with Crippen LogP contribution in [0.1, 0.15) is 32.8 Å². The van der Waals surface area contributed by atoms with Crippen molar-refractivity contribution < 1.29 is 14.2 Å². The van der Waals surface area contributed by atoms with E-state index in [4.69, 9.17) is 14.2 Å². The molecule has 1 N–H and O–H groups in total. The van der Waals surface area contributed by atoms with E-state index in [9.17, 15) is 0 Å². The third-order valence-corrected chi connectivity index (χ3v) is 3.20. The molecule has 0 saturated heterocycles. The second kappa shape index (κ2) is 9.64. The van der Waals surface area contributed by atoms with Crippen molar-refractivity contribution in [2.24, 2.45) is 5.92 Å². The van der Waals surface area contributed by atoms with E-state index >= 15 is 0 Å². The van der Waals surface area contributed by atoms with Crippen LogP contribution in [-0.2, 0) is 11.3 Å². The second-order valence-corrected chi connectivity index (χ2v) is 5.68. The van der Waals surface area contributed by atoms with Crippen molar-refractivity contribution in [3.05, 3.63) is 23.8 Å². The van der Waals surface area contributed by atoms with Gasteiger partial charge in [0.1, 0.15) is 0 Å². The lowest BCUT2D eigenvalue weighted by Crippen LogP contribution is -2.21. The molecular formula is C17H29NO3. The highest BCUT2D eigenvalue weighted by atomic mass is 16.5. The SMILES string of the molecule is COCCC(C)Oc1c(CNCC(C)C)cccc1OC. The zero-order valence-corrected chi connectivity index (χ0v) is 13.9. The third-order valence-electron chi connectivity index (χ3n) is 3.20. The van der Waals surface area contributed by atoms with Gasteiger partial charge in [-0.25, -0.2) is 0 Å². The minimum atomic E-state index is 0.0881. The Morgan fingerprint density at radius 3 is 2.52 bits per heavy atom. The Hall–Kier alpha value is -1.26. The third kappa shape index (κ3) is 6.36. The lowest BCUT2D eigenvalue weighted by Gasteiger charge is -2.20. The summed E-state index contributed by atoms with van der Waals surface area (Å²) in [5.41, 5.74) is 1.12. The van der Waals surface area contributed by atoms with Crippen LogP contribution in [0.4, 0.5) is 0 Å². The molecule has 4 nitrogen and oxygen atoms in total. The van der Waals surface area contributed by atoms with Gasteiger partial charge in [-0.3, -0.25) is 0 Å². The molecule has 120 valence electrons. The smallest absolute Gasteiger partial charge is 0.166 e. The maximum absolute atomic E-state index is 6.08. The number of hydrogen-bond acceptors (Lipinski definition) is 4. The van der Waals surface area contributed by atoms with Crippen LogP contribution in [0.25, 0.3) is 0 Å². The van der Waals surface area contributed by atoms with Gasteiger partial charge in [0.15, 0.2) is 11.5 Å². The minimum Gasteiger partial charge on any atom is -0.493 e. The molecule has 0 radical (unpaired) electrons. The molecular weight excluding hydrogens is 266 g/mol. The quantitative estimate of drug-likeness (QED) is 0.719. The Bertz CT molecular complexity index is 407. The zero-order valence-electron chi connectivity index (χ0n) is 13.9. The molecule has 0 amide bonds. The van der Waals surface area contributed by atoms with Crippen molar-refractivity contribution in [1.82, 2.24) is 5.32 Å². The number of methoxy groups -OCH3 is 2. The van der Waals surface area contributed by atoms with E-state index in [-0.39, 0.29) is 6.10 Å². The first-order chi connectivity index (χ1) is 10.1. The normalized spacial score (nSPS) is 12.5. The Balaban J connectivity index is 2.77. The number of rotatable bonds is 10. The zero-order chi connectivity index (χ0) is 15.7. The van der Waals surface area contributed by atoms with Crippen LogP contribution in [0.15, 0.2) is 18.2 Å². The average Bonchev–Trinajstić information content (AvgIpc) is 2.46. The molecule has 0 fully saturated rings. The molecule has 1 unspecified atom stereocenters. The number of ether oxygens (including phenoxy) is 3. The minimum absolute atomic E-state index is 0.0881.